The minimum absolute atomic E-state index is 0.0183. The Balaban J connectivity index is 1.53. The fourth-order valence-corrected chi connectivity index (χ4v) is 4.29. The van der Waals surface area contributed by atoms with E-state index in [0.717, 1.165) is 11.3 Å². The summed E-state index contributed by atoms with van der Waals surface area (Å²) in [7, 11) is 0. The van der Waals surface area contributed by atoms with Gasteiger partial charge in [-0.25, -0.2) is 9.78 Å². The van der Waals surface area contributed by atoms with E-state index in [1.54, 1.807) is 35.7 Å². The Hall–Kier alpha value is -3.74. The maximum Gasteiger partial charge on any atom is 0.339 e. The van der Waals surface area contributed by atoms with Gasteiger partial charge in [-0.1, -0.05) is 72.3 Å². The molecule has 0 atom stereocenters. The highest BCUT2D eigenvalue weighted by Crippen LogP contribution is 2.29. The topological polar surface area (TPSA) is 59.5 Å². The van der Waals surface area contributed by atoms with Crippen LogP contribution in [0.25, 0.3) is 11.6 Å². The molecule has 0 fully saturated rings. The molecule has 0 saturated heterocycles. The number of benzene rings is 3. The van der Waals surface area contributed by atoms with Crippen LogP contribution in [0, 0.1) is 0 Å². The summed E-state index contributed by atoms with van der Waals surface area (Å²) >= 11 is 7.34. The van der Waals surface area contributed by atoms with Crippen LogP contribution in [0.3, 0.4) is 0 Å². The number of para-hydroxylation sites is 1. The number of rotatable bonds is 7. The highest BCUT2D eigenvalue weighted by atomic mass is 35.5. The number of amides is 1. The van der Waals surface area contributed by atoms with Gasteiger partial charge in [0.1, 0.15) is 6.61 Å². The average Bonchev–Trinajstić information content (AvgIpc) is 3.31. The number of hydrogen-bond acceptors (Lipinski definition) is 5. The maximum absolute atomic E-state index is 13.1. The predicted molar refractivity (Wildman–Crippen MR) is 137 cm³/mol. The van der Waals surface area contributed by atoms with Crippen LogP contribution >= 0.6 is 22.9 Å². The molecule has 0 aliphatic carbocycles. The molecule has 34 heavy (non-hydrogen) atoms. The number of carbonyl (C=O) groups is 2. The summed E-state index contributed by atoms with van der Waals surface area (Å²) in [6.07, 6.45) is 1.78. The molecule has 0 bridgehead atoms. The lowest BCUT2D eigenvalue weighted by Gasteiger charge is -2.17. The fourth-order valence-electron chi connectivity index (χ4n) is 3.29. The highest BCUT2D eigenvalue weighted by Gasteiger charge is 2.19. The Bertz CT molecular complexity index is 1300. The molecule has 4 aromatic rings. The molecule has 1 amide bonds. The lowest BCUT2D eigenvalue weighted by atomic mass is 10.0. The summed E-state index contributed by atoms with van der Waals surface area (Å²) in [4.78, 5) is 31.4. The molecule has 7 heteroatoms. The van der Waals surface area contributed by atoms with Crippen LogP contribution < -0.4 is 4.90 Å². The number of thiazole rings is 1. The fraction of sp³-hybridized carbons (Fsp3) is 0.0741. The molecule has 1 heterocycles. The van der Waals surface area contributed by atoms with Gasteiger partial charge >= 0.3 is 5.97 Å². The number of carbonyl (C=O) groups excluding carboxylic acids is 2. The first-order valence-corrected chi connectivity index (χ1v) is 11.8. The van der Waals surface area contributed by atoms with E-state index in [-0.39, 0.29) is 12.5 Å². The second-order valence-corrected chi connectivity index (χ2v) is 8.64. The maximum atomic E-state index is 13.1. The highest BCUT2D eigenvalue weighted by molar-refractivity contribution is 7.14. The molecule has 0 spiro atoms. The number of hydrogen-bond donors (Lipinski definition) is 0. The van der Waals surface area contributed by atoms with Crippen molar-refractivity contribution >= 4 is 57.3 Å². The van der Waals surface area contributed by atoms with Gasteiger partial charge in [0.2, 0.25) is 5.91 Å². The summed E-state index contributed by atoms with van der Waals surface area (Å²) in [6, 6.07) is 25.9. The molecule has 0 N–H and O–H groups in total. The van der Waals surface area contributed by atoms with Crippen molar-refractivity contribution in [1.82, 2.24) is 4.98 Å². The lowest BCUT2D eigenvalue weighted by molar-refractivity contribution is -0.137. The van der Waals surface area contributed by atoms with Crippen molar-refractivity contribution in [3.63, 3.8) is 0 Å². The zero-order chi connectivity index (χ0) is 23.9. The van der Waals surface area contributed by atoms with Gasteiger partial charge in [-0.15, -0.1) is 11.3 Å². The summed E-state index contributed by atoms with van der Waals surface area (Å²) in [5, 5.41) is 2.88. The SMILES string of the molecule is CC(=O)N(c1ccccc1)c1nc(COC(=O)/C(=C/c2ccccc2)c2ccc(Cl)cc2)cs1. The average molecular weight is 489 g/mol. The molecule has 0 saturated carbocycles. The molecule has 1 aromatic heterocycles. The van der Waals surface area contributed by atoms with Gasteiger partial charge in [-0.05, 0) is 41.5 Å². The molecule has 0 radical (unpaired) electrons. The van der Waals surface area contributed by atoms with E-state index < -0.39 is 5.97 Å². The van der Waals surface area contributed by atoms with E-state index in [1.807, 2.05) is 60.7 Å². The summed E-state index contributed by atoms with van der Waals surface area (Å²) < 4.78 is 5.61. The number of halogens is 1. The third-order valence-electron chi connectivity index (χ3n) is 4.90. The smallest absolute Gasteiger partial charge is 0.339 e. The van der Waals surface area contributed by atoms with E-state index in [4.69, 9.17) is 16.3 Å². The van der Waals surface area contributed by atoms with Crippen molar-refractivity contribution in [2.45, 2.75) is 13.5 Å². The number of nitrogens with zero attached hydrogens (tertiary/aromatic N) is 2. The Kier molecular flexibility index (Phi) is 7.52. The van der Waals surface area contributed by atoms with E-state index in [9.17, 15) is 9.59 Å². The van der Waals surface area contributed by atoms with Gasteiger partial charge in [-0.3, -0.25) is 9.69 Å². The van der Waals surface area contributed by atoms with Crippen molar-refractivity contribution in [2.24, 2.45) is 0 Å². The summed E-state index contributed by atoms with van der Waals surface area (Å²) in [5.74, 6) is -0.632. The van der Waals surface area contributed by atoms with E-state index in [2.05, 4.69) is 4.98 Å². The van der Waals surface area contributed by atoms with Crippen molar-refractivity contribution < 1.29 is 14.3 Å². The Morgan fingerprint density at radius 1 is 0.971 bits per heavy atom. The second kappa shape index (κ2) is 10.9. The van der Waals surface area contributed by atoms with Crippen LogP contribution in [0.5, 0.6) is 0 Å². The zero-order valence-corrected chi connectivity index (χ0v) is 19.9. The molecule has 170 valence electrons. The van der Waals surface area contributed by atoms with Gasteiger partial charge in [0.25, 0.3) is 0 Å². The number of anilines is 2. The second-order valence-electron chi connectivity index (χ2n) is 7.36. The monoisotopic (exact) mass is 488 g/mol. The molecular formula is C27H21ClN2O3S. The first-order valence-electron chi connectivity index (χ1n) is 10.5. The van der Waals surface area contributed by atoms with E-state index in [0.29, 0.717) is 27.0 Å². The minimum Gasteiger partial charge on any atom is -0.456 e. The Morgan fingerprint density at radius 3 is 2.26 bits per heavy atom. The zero-order valence-electron chi connectivity index (χ0n) is 18.4. The van der Waals surface area contributed by atoms with Gasteiger partial charge in [0, 0.05) is 17.3 Å². The van der Waals surface area contributed by atoms with Gasteiger partial charge in [0.05, 0.1) is 17.0 Å². The van der Waals surface area contributed by atoms with Gasteiger partial charge in [-0.2, -0.15) is 0 Å². The van der Waals surface area contributed by atoms with Crippen molar-refractivity contribution in [3.8, 4) is 0 Å². The third kappa shape index (κ3) is 5.78. The normalized spacial score (nSPS) is 11.2. The van der Waals surface area contributed by atoms with Crippen LogP contribution in [-0.4, -0.2) is 16.9 Å². The quantitative estimate of drug-likeness (QED) is 0.164. The third-order valence-corrected chi connectivity index (χ3v) is 6.02. The molecule has 5 nitrogen and oxygen atoms in total. The molecule has 3 aromatic carbocycles. The van der Waals surface area contributed by atoms with Crippen LogP contribution in [0.15, 0.2) is 90.3 Å². The summed E-state index contributed by atoms with van der Waals surface area (Å²) in [5.41, 5.74) is 3.27. The van der Waals surface area contributed by atoms with Crippen LogP contribution in [-0.2, 0) is 20.9 Å². The largest absolute Gasteiger partial charge is 0.456 e. The predicted octanol–water partition coefficient (Wildman–Crippen LogP) is 6.77. The van der Waals surface area contributed by atoms with Crippen molar-refractivity contribution in [1.29, 1.82) is 0 Å². The van der Waals surface area contributed by atoms with Crippen LogP contribution in [0.2, 0.25) is 5.02 Å². The first kappa shape index (κ1) is 23.4. The first-order chi connectivity index (χ1) is 16.5. The van der Waals surface area contributed by atoms with Crippen LogP contribution in [0.4, 0.5) is 10.8 Å². The van der Waals surface area contributed by atoms with Crippen LogP contribution in [0.1, 0.15) is 23.7 Å². The van der Waals surface area contributed by atoms with E-state index >= 15 is 0 Å². The minimum atomic E-state index is -0.479. The van der Waals surface area contributed by atoms with Gasteiger partial charge < -0.3 is 4.74 Å². The lowest BCUT2D eigenvalue weighted by Crippen LogP contribution is -2.22. The molecule has 0 unspecified atom stereocenters. The molecular weight excluding hydrogens is 468 g/mol. The number of esters is 1. The van der Waals surface area contributed by atoms with Crippen molar-refractivity contribution in [2.75, 3.05) is 4.90 Å². The molecule has 0 aliphatic rings. The molecule has 4 rings (SSSR count). The van der Waals surface area contributed by atoms with E-state index in [1.165, 1.54) is 23.2 Å². The Morgan fingerprint density at radius 2 is 1.62 bits per heavy atom. The molecule has 0 aliphatic heterocycles. The number of ether oxygens (including phenoxy) is 1. The summed E-state index contributed by atoms with van der Waals surface area (Å²) in [6.45, 7) is 1.47. The Labute approximate surface area is 206 Å². The standard InChI is InChI=1S/C27H21ClN2O3S/c1-19(31)30(24-10-6-3-7-11-24)27-29-23(18-34-27)17-33-26(32)25(16-20-8-4-2-5-9-20)21-12-14-22(28)15-13-21/h2-16,18H,17H2,1H3/b25-16+. The van der Waals surface area contributed by atoms with Gasteiger partial charge in [0.15, 0.2) is 5.13 Å². The van der Waals surface area contributed by atoms with Crippen molar-refractivity contribution in [3.05, 3.63) is 112 Å². The number of aromatic nitrogens is 1.